The van der Waals surface area contributed by atoms with Crippen LogP contribution in [0, 0.1) is 0 Å². The van der Waals surface area contributed by atoms with Gasteiger partial charge in [-0.1, -0.05) is 0 Å². The van der Waals surface area contributed by atoms with Gasteiger partial charge in [0.25, 0.3) is 0 Å². The van der Waals surface area contributed by atoms with E-state index in [2.05, 4.69) is 9.71 Å². The molecule has 0 aromatic carbocycles. The molecule has 5 N–H and O–H groups in total. The Bertz CT molecular complexity index is 596. The first-order valence-corrected chi connectivity index (χ1v) is 7.63. The maximum Gasteiger partial charge on any atom is 0.244 e. The van der Waals surface area contributed by atoms with Crippen LogP contribution < -0.4 is 15.6 Å². The molecule has 0 saturated heterocycles. The van der Waals surface area contributed by atoms with E-state index in [0.29, 0.717) is 0 Å². The van der Waals surface area contributed by atoms with Crippen LogP contribution in [-0.4, -0.2) is 34.1 Å². The molecule has 8 nitrogen and oxygen atoms in total. The molecule has 1 aromatic heterocycles. The van der Waals surface area contributed by atoms with Crippen LogP contribution in [-0.2, 0) is 20.0 Å². The molecule has 0 spiro atoms. The Morgan fingerprint density at radius 3 is 2.47 bits per heavy atom. The first kappa shape index (κ1) is 13.8. The minimum absolute atomic E-state index is 0.157. The Hall–Kier alpha value is -1.23. The maximum absolute atomic E-state index is 11.7. The zero-order valence-electron chi connectivity index (χ0n) is 8.70. The molecule has 0 atom stereocenters. The second-order valence-electron chi connectivity index (χ2n) is 3.15. The number of nitrogens with zero attached hydrogens (tertiary/aromatic N) is 1. The first-order chi connectivity index (χ1) is 7.72. The van der Waals surface area contributed by atoms with E-state index in [0.717, 1.165) is 0 Å². The number of nitrogens with two attached hydrogens (primary N) is 2. The van der Waals surface area contributed by atoms with Gasteiger partial charge in [-0.25, -0.2) is 31.7 Å². The van der Waals surface area contributed by atoms with Crippen molar-refractivity contribution in [3.63, 3.8) is 0 Å². The van der Waals surface area contributed by atoms with Crippen LogP contribution >= 0.6 is 0 Å². The van der Waals surface area contributed by atoms with E-state index in [-0.39, 0.29) is 17.3 Å². The molecule has 0 aliphatic rings. The average Bonchev–Trinajstić information content (AvgIpc) is 2.15. The summed E-state index contributed by atoms with van der Waals surface area (Å²) in [4.78, 5) is 3.42. The Morgan fingerprint density at radius 2 is 1.94 bits per heavy atom. The highest BCUT2D eigenvalue weighted by atomic mass is 32.2. The molecule has 0 radical (unpaired) electrons. The third-order valence-electron chi connectivity index (χ3n) is 1.77. The number of hydrogen-bond acceptors (Lipinski definition) is 6. The molecule has 0 aliphatic heterocycles. The van der Waals surface area contributed by atoms with Crippen LogP contribution in [0.15, 0.2) is 23.2 Å². The Kier molecular flexibility index (Phi) is 4.03. The van der Waals surface area contributed by atoms with Gasteiger partial charge >= 0.3 is 0 Å². The smallest absolute Gasteiger partial charge is 0.244 e. The molecule has 0 unspecified atom stereocenters. The minimum atomic E-state index is -3.87. The second kappa shape index (κ2) is 4.96. The van der Waals surface area contributed by atoms with E-state index in [4.69, 9.17) is 10.9 Å². The molecule has 1 aromatic rings. The van der Waals surface area contributed by atoms with Gasteiger partial charge in [0.05, 0.1) is 5.75 Å². The van der Waals surface area contributed by atoms with Crippen molar-refractivity contribution in [1.82, 2.24) is 9.71 Å². The van der Waals surface area contributed by atoms with Crippen LogP contribution in [0.4, 0.5) is 5.82 Å². The molecule has 0 fully saturated rings. The van der Waals surface area contributed by atoms with Crippen molar-refractivity contribution in [3.8, 4) is 0 Å². The van der Waals surface area contributed by atoms with Crippen LogP contribution in [0.2, 0.25) is 0 Å². The summed E-state index contributed by atoms with van der Waals surface area (Å²) in [6.07, 6.45) is 1.35. The van der Waals surface area contributed by atoms with Crippen molar-refractivity contribution in [1.29, 1.82) is 0 Å². The van der Waals surface area contributed by atoms with Gasteiger partial charge in [0.2, 0.25) is 20.0 Å². The van der Waals surface area contributed by atoms with Crippen molar-refractivity contribution in [2.45, 2.75) is 4.90 Å². The van der Waals surface area contributed by atoms with Crippen LogP contribution in [0.3, 0.4) is 0 Å². The van der Waals surface area contributed by atoms with E-state index in [9.17, 15) is 16.8 Å². The summed E-state index contributed by atoms with van der Waals surface area (Å²) in [5.74, 6) is -0.651. The molecule has 0 bridgehead atoms. The summed E-state index contributed by atoms with van der Waals surface area (Å²) in [6, 6.07) is 2.67. The first-order valence-electron chi connectivity index (χ1n) is 4.43. The molecule has 10 heteroatoms. The number of sulfonamides is 2. The highest BCUT2D eigenvalue weighted by Gasteiger charge is 2.17. The number of nitrogens with one attached hydrogen (secondary N) is 1. The number of anilines is 1. The Labute approximate surface area is 99.1 Å². The summed E-state index contributed by atoms with van der Waals surface area (Å²) >= 11 is 0. The van der Waals surface area contributed by atoms with Gasteiger partial charge in [0.1, 0.15) is 10.7 Å². The summed E-state index contributed by atoms with van der Waals surface area (Å²) in [5, 5.41) is 4.73. The summed E-state index contributed by atoms with van der Waals surface area (Å²) in [7, 11) is -7.58. The van der Waals surface area contributed by atoms with Crippen molar-refractivity contribution in [2.24, 2.45) is 5.14 Å². The van der Waals surface area contributed by atoms with E-state index in [1.54, 1.807) is 0 Å². The number of hydrogen-bond donors (Lipinski definition) is 3. The van der Waals surface area contributed by atoms with Gasteiger partial charge in [-0.15, -0.1) is 0 Å². The lowest BCUT2D eigenvalue weighted by atomic mass is 10.5. The largest absolute Gasteiger partial charge is 0.383 e. The lowest BCUT2D eigenvalue weighted by Gasteiger charge is -2.07. The monoisotopic (exact) mass is 280 g/mol. The van der Waals surface area contributed by atoms with Crippen LogP contribution in [0.25, 0.3) is 0 Å². The zero-order chi connectivity index (χ0) is 13.1. The molecular formula is C7H12N4O4S2. The normalized spacial score (nSPS) is 12.5. The lowest BCUT2D eigenvalue weighted by Crippen LogP contribution is -2.32. The summed E-state index contributed by atoms with van der Waals surface area (Å²) in [6.45, 7) is -0.324. The summed E-state index contributed by atoms with van der Waals surface area (Å²) in [5.41, 5.74) is 5.39. The highest BCUT2D eigenvalue weighted by Crippen LogP contribution is 2.13. The molecule has 0 amide bonds. The molecule has 96 valence electrons. The maximum atomic E-state index is 11.7. The van der Waals surface area contributed by atoms with Gasteiger partial charge in [-0.3, -0.25) is 0 Å². The van der Waals surface area contributed by atoms with Crippen LogP contribution in [0.1, 0.15) is 0 Å². The fraction of sp³-hybridized carbons (Fsp3) is 0.286. The van der Waals surface area contributed by atoms with E-state index >= 15 is 0 Å². The quantitative estimate of drug-likeness (QED) is 0.582. The molecular weight excluding hydrogens is 268 g/mol. The van der Waals surface area contributed by atoms with Crippen molar-refractivity contribution in [3.05, 3.63) is 18.3 Å². The van der Waals surface area contributed by atoms with Crippen molar-refractivity contribution < 1.29 is 16.8 Å². The molecule has 17 heavy (non-hydrogen) atoms. The standard InChI is InChI=1S/C7H12N4O4S2/c8-7-6(2-1-3-10-7)17(14,15)11-4-5-16(9,12)13/h1-3,11H,4-5H2,(H2,8,10)(H2,9,12,13). The third-order valence-corrected chi connectivity index (χ3v) is 4.05. The fourth-order valence-electron chi connectivity index (χ4n) is 1.03. The molecule has 0 aliphatic carbocycles. The number of pyridine rings is 1. The number of nitrogen functional groups attached to an aromatic ring is 1. The predicted molar refractivity (Wildman–Crippen MR) is 61.8 cm³/mol. The lowest BCUT2D eigenvalue weighted by molar-refractivity contribution is 0.581. The number of primary sulfonamides is 1. The fourth-order valence-corrected chi connectivity index (χ4v) is 2.65. The molecule has 1 heterocycles. The van der Waals surface area contributed by atoms with E-state index in [1.807, 2.05) is 0 Å². The van der Waals surface area contributed by atoms with Gasteiger partial charge in [-0.05, 0) is 12.1 Å². The summed E-state index contributed by atoms with van der Waals surface area (Å²) < 4.78 is 46.7. The number of aromatic nitrogens is 1. The van der Waals surface area contributed by atoms with Gasteiger partial charge in [0, 0.05) is 12.7 Å². The Balaban J connectivity index is 2.81. The van der Waals surface area contributed by atoms with Crippen LogP contribution in [0.5, 0.6) is 0 Å². The van der Waals surface area contributed by atoms with Gasteiger partial charge in [0.15, 0.2) is 0 Å². The van der Waals surface area contributed by atoms with Gasteiger partial charge < -0.3 is 5.73 Å². The SMILES string of the molecule is Nc1ncccc1S(=O)(=O)NCCS(N)(=O)=O. The van der Waals surface area contributed by atoms with E-state index < -0.39 is 25.8 Å². The average molecular weight is 280 g/mol. The topological polar surface area (TPSA) is 145 Å². The second-order valence-corrected chi connectivity index (χ2v) is 6.62. The van der Waals surface area contributed by atoms with E-state index in [1.165, 1.54) is 18.3 Å². The number of rotatable bonds is 5. The highest BCUT2D eigenvalue weighted by molar-refractivity contribution is 7.90. The molecule has 0 saturated carbocycles. The van der Waals surface area contributed by atoms with Crippen molar-refractivity contribution in [2.75, 3.05) is 18.0 Å². The molecule has 1 rings (SSSR count). The minimum Gasteiger partial charge on any atom is -0.383 e. The predicted octanol–water partition coefficient (Wildman–Crippen LogP) is -1.77. The van der Waals surface area contributed by atoms with Crippen molar-refractivity contribution >= 4 is 25.9 Å². The third kappa shape index (κ3) is 4.26. The zero-order valence-corrected chi connectivity index (χ0v) is 10.3. The Morgan fingerprint density at radius 1 is 1.29 bits per heavy atom. The van der Waals surface area contributed by atoms with Gasteiger partial charge in [-0.2, -0.15) is 0 Å².